The molecular formula is C28H21NO5. The molecule has 0 spiro atoms. The number of ketones is 1. The van der Waals surface area contributed by atoms with Crippen molar-refractivity contribution in [3.05, 3.63) is 110 Å². The molecule has 0 fully saturated rings. The highest BCUT2D eigenvalue weighted by atomic mass is 16.5. The molecule has 34 heavy (non-hydrogen) atoms. The van der Waals surface area contributed by atoms with Crippen LogP contribution in [-0.2, 0) is 11.3 Å². The summed E-state index contributed by atoms with van der Waals surface area (Å²) < 4.78 is 13.5. The second kappa shape index (κ2) is 7.70. The monoisotopic (exact) mass is 451 g/mol. The Morgan fingerprint density at radius 3 is 2.68 bits per heavy atom. The molecule has 0 radical (unpaired) electrons. The van der Waals surface area contributed by atoms with Crippen LogP contribution in [0.1, 0.15) is 36.3 Å². The van der Waals surface area contributed by atoms with Gasteiger partial charge in [-0.25, -0.2) is 4.79 Å². The largest absolute Gasteiger partial charge is 0.460 e. The molecule has 0 N–H and O–H groups in total. The quantitative estimate of drug-likeness (QED) is 0.329. The van der Waals surface area contributed by atoms with E-state index in [-0.39, 0.29) is 16.9 Å². The number of aromatic nitrogens is 1. The average Bonchev–Trinajstić information content (AvgIpc) is 2.85. The van der Waals surface area contributed by atoms with Crippen LogP contribution >= 0.6 is 0 Å². The van der Waals surface area contributed by atoms with E-state index < -0.39 is 11.5 Å². The lowest BCUT2D eigenvalue weighted by Gasteiger charge is -2.32. The smallest absolute Gasteiger partial charge is 0.344 e. The third-order valence-corrected chi connectivity index (χ3v) is 6.66. The molecule has 1 aliphatic heterocycles. The molecule has 6 rings (SSSR count). The summed E-state index contributed by atoms with van der Waals surface area (Å²) in [5, 5.41) is 1.47. The summed E-state index contributed by atoms with van der Waals surface area (Å²) in [6, 6.07) is 16.5. The van der Waals surface area contributed by atoms with E-state index in [1.54, 1.807) is 28.8 Å². The minimum atomic E-state index is -0.861. The highest BCUT2D eigenvalue weighted by Gasteiger charge is 2.41. The number of ether oxygens (including phenoxy) is 1. The number of benzene rings is 2. The van der Waals surface area contributed by atoms with Crippen LogP contribution in [0, 0.1) is 0 Å². The van der Waals surface area contributed by atoms with Crippen molar-refractivity contribution < 1.29 is 13.9 Å². The summed E-state index contributed by atoms with van der Waals surface area (Å²) in [5.74, 6) is -0.0617. The molecule has 2 aliphatic rings. The van der Waals surface area contributed by atoms with Crippen LogP contribution in [0.3, 0.4) is 0 Å². The van der Waals surface area contributed by atoms with Crippen LogP contribution in [0.25, 0.3) is 21.9 Å². The molecule has 6 nitrogen and oxygen atoms in total. The third kappa shape index (κ3) is 2.91. The number of hydrogen-bond donors (Lipinski definition) is 0. The molecule has 1 atom stereocenters. The number of allylic oxidation sites excluding steroid dienone is 3. The van der Waals surface area contributed by atoms with E-state index in [1.165, 1.54) is 0 Å². The number of fused-ring (bicyclic) bond motifs is 4. The molecule has 3 heterocycles. The van der Waals surface area contributed by atoms with E-state index in [1.807, 2.05) is 36.4 Å². The van der Waals surface area contributed by atoms with Gasteiger partial charge in [0, 0.05) is 30.5 Å². The number of para-hydroxylation sites is 2. The van der Waals surface area contributed by atoms with E-state index in [2.05, 4.69) is 6.58 Å². The van der Waals surface area contributed by atoms with E-state index in [0.29, 0.717) is 59.4 Å². The van der Waals surface area contributed by atoms with Crippen molar-refractivity contribution in [3.63, 3.8) is 0 Å². The zero-order valence-corrected chi connectivity index (χ0v) is 18.4. The first-order valence-corrected chi connectivity index (χ1v) is 11.3. The summed E-state index contributed by atoms with van der Waals surface area (Å²) in [4.78, 5) is 40.4. The van der Waals surface area contributed by atoms with Gasteiger partial charge in [0.25, 0.3) is 5.56 Å². The third-order valence-electron chi connectivity index (χ3n) is 6.66. The maximum absolute atomic E-state index is 13.8. The lowest BCUT2D eigenvalue weighted by molar-refractivity contribution is -0.116. The van der Waals surface area contributed by atoms with Gasteiger partial charge in [0.15, 0.2) is 5.78 Å². The fraction of sp³-hybridized carbons (Fsp3) is 0.179. The second-order valence-corrected chi connectivity index (χ2v) is 8.64. The minimum absolute atomic E-state index is 0.104. The Balaban J connectivity index is 1.74. The van der Waals surface area contributed by atoms with Gasteiger partial charge < -0.3 is 13.7 Å². The van der Waals surface area contributed by atoms with Crippen LogP contribution in [0.2, 0.25) is 0 Å². The van der Waals surface area contributed by atoms with E-state index in [4.69, 9.17) is 9.15 Å². The molecule has 4 aromatic rings. The van der Waals surface area contributed by atoms with Crippen LogP contribution in [0.15, 0.2) is 92.6 Å². The summed E-state index contributed by atoms with van der Waals surface area (Å²) in [6.45, 7) is 4.10. The first kappa shape index (κ1) is 20.4. The number of Topliss-reactive ketones (excluding diaryl/α,β-unsaturated/α-hetero) is 1. The topological polar surface area (TPSA) is 78.5 Å². The molecule has 2 aromatic carbocycles. The second-order valence-electron chi connectivity index (χ2n) is 8.64. The molecule has 1 aliphatic carbocycles. The predicted molar refractivity (Wildman–Crippen MR) is 129 cm³/mol. The van der Waals surface area contributed by atoms with E-state index >= 15 is 0 Å². The Morgan fingerprint density at radius 1 is 1.03 bits per heavy atom. The maximum atomic E-state index is 13.8. The Kier molecular flexibility index (Phi) is 4.62. The van der Waals surface area contributed by atoms with E-state index in [0.717, 1.165) is 10.9 Å². The minimum Gasteiger partial charge on any atom is -0.460 e. The van der Waals surface area contributed by atoms with Gasteiger partial charge in [0.2, 0.25) is 0 Å². The van der Waals surface area contributed by atoms with Crippen LogP contribution < -0.4 is 15.9 Å². The van der Waals surface area contributed by atoms with Gasteiger partial charge in [-0.2, -0.15) is 0 Å². The van der Waals surface area contributed by atoms with Crippen molar-refractivity contribution in [3.8, 4) is 5.75 Å². The Hall–Kier alpha value is -4.19. The summed E-state index contributed by atoms with van der Waals surface area (Å²) in [6.07, 6.45) is 3.24. The van der Waals surface area contributed by atoms with Crippen molar-refractivity contribution in [1.29, 1.82) is 0 Å². The summed E-state index contributed by atoms with van der Waals surface area (Å²) in [5.41, 5.74) is 1.23. The Bertz CT molecular complexity index is 1670. The maximum Gasteiger partial charge on any atom is 0.344 e. The van der Waals surface area contributed by atoms with Gasteiger partial charge in [-0.05, 0) is 36.1 Å². The van der Waals surface area contributed by atoms with Gasteiger partial charge >= 0.3 is 5.63 Å². The van der Waals surface area contributed by atoms with Gasteiger partial charge in [0.05, 0.1) is 22.4 Å². The molecule has 168 valence electrons. The zero-order valence-electron chi connectivity index (χ0n) is 18.4. The fourth-order valence-corrected chi connectivity index (χ4v) is 5.20. The predicted octanol–water partition coefficient (Wildman–Crippen LogP) is 4.83. The number of hydrogen-bond acceptors (Lipinski definition) is 5. The number of rotatable bonds is 3. The van der Waals surface area contributed by atoms with Crippen molar-refractivity contribution >= 4 is 27.7 Å². The standard InChI is InChI=1S/C28H21NO5/c1-2-14-29-19-10-5-3-8-16(19)15-18(27(29)31)23-24-20(30)11-7-13-22(24)33-26-17-9-4-6-12-21(17)34-28(32)25(23)26/h2-6,8-10,12,15,23H,1,7,11,13-14H2. The fourth-order valence-electron chi connectivity index (χ4n) is 5.20. The normalized spacial score (nSPS) is 17.4. The first-order valence-electron chi connectivity index (χ1n) is 11.3. The first-order chi connectivity index (χ1) is 16.6. The van der Waals surface area contributed by atoms with Crippen molar-refractivity contribution in [2.45, 2.75) is 31.7 Å². The van der Waals surface area contributed by atoms with Crippen molar-refractivity contribution in [1.82, 2.24) is 4.57 Å². The lowest BCUT2D eigenvalue weighted by Crippen LogP contribution is -2.34. The van der Waals surface area contributed by atoms with Gasteiger partial charge in [-0.15, -0.1) is 6.58 Å². The van der Waals surface area contributed by atoms with E-state index in [9.17, 15) is 14.4 Å². The molecule has 0 saturated heterocycles. The van der Waals surface area contributed by atoms with Crippen molar-refractivity contribution in [2.75, 3.05) is 0 Å². The summed E-state index contributed by atoms with van der Waals surface area (Å²) in [7, 11) is 0. The van der Waals surface area contributed by atoms with Crippen LogP contribution in [-0.4, -0.2) is 10.4 Å². The molecule has 1 unspecified atom stereocenters. The average molecular weight is 451 g/mol. The number of nitrogens with zero attached hydrogens (tertiary/aromatic N) is 1. The van der Waals surface area contributed by atoms with Crippen molar-refractivity contribution in [2.24, 2.45) is 0 Å². The van der Waals surface area contributed by atoms with Gasteiger partial charge in [0.1, 0.15) is 17.1 Å². The number of carbonyl (C=O) groups is 1. The molecule has 6 heteroatoms. The highest BCUT2D eigenvalue weighted by molar-refractivity contribution is 6.00. The molecule has 0 amide bonds. The summed E-state index contributed by atoms with van der Waals surface area (Å²) >= 11 is 0. The zero-order chi connectivity index (χ0) is 23.4. The SMILES string of the molecule is C=CCn1c(=O)c(C2C3=C(CCCC3=O)Oc3c2c(=O)oc2ccccc32)cc2ccccc21. The van der Waals surface area contributed by atoms with Gasteiger partial charge in [-0.3, -0.25) is 9.59 Å². The Morgan fingerprint density at radius 2 is 1.82 bits per heavy atom. The number of carbonyl (C=O) groups excluding carboxylic acids is 1. The molecular weight excluding hydrogens is 430 g/mol. The van der Waals surface area contributed by atoms with Crippen LogP contribution in [0.4, 0.5) is 0 Å². The molecule has 0 bridgehead atoms. The Labute approximate surface area is 194 Å². The molecule has 2 aromatic heterocycles. The molecule has 0 saturated carbocycles. The number of pyridine rings is 1. The van der Waals surface area contributed by atoms with Gasteiger partial charge in [-0.1, -0.05) is 36.4 Å². The highest BCUT2D eigenvalue weighted by Crippen LogP contribution is 2.47. The lowest BCUT2D eigenvalue weighted by atomic mass is 9.77. The van der Waals surface area contributed by atoms with Crippen LogP contribution in [0.5, 0.6) is 5.75 Å².